The van der Waals surface area contributed by atoms with Crippen LogP contribution in [0.5, 0.6) is 0 Å². The van der Waals surface area contributed by atoms with Gasteiger partial charge < -0.3 is 10.2 Å². The quantitative estimate of drug-likeness (QED) is 0.867. The van der Waals surface area contributed by atoms with Crippen LogP contribution in [-0.2, 0) is 6.54 Å². The van der Waals surface area contributed by atoms with Gasteiger partial charge in [-0.2, -0.15) is 0 Å². The Bertz CT molecular complexity index is 421. The number of hydrogen-bond acceptors (Lipinski definition) is 3. The zero-order valence-electron chi connectivity index (χ0n) is 10.1. The summed E-state index contributed by atoms with van der Waals surface area (Å²) in [5.41, 5.74) is 0.972. The normalized spacial score (nSPS) is 26.8. The molecule has 2 unspecified atom stereocenters. The molecule has 3 nitrogen and oxygen atoms in total. The van der Waals surface area contributed by atoms with Crippen molar-refractivity contribution in [3.05, 3.63) is 23.6 Å². The summed E-state index contributed by atoms with van der Waals surface area (Å²) in [6, 6.07) is 2.23. The molecule has 2 fully saturated rings. The average Bonchev–Trinajstić information content (AvgIpc) is 2.91. The smallest absolute Gasteiger partial charge is 0.141 e. The van der Waals surface area contributed by atoms with E-state index in [1.807, 2.05) is 7.05 Å². The summed E-state index contributed by atoms with van der Waals surface area (Å²) < 4.78 is 13.2. The average molecular weight is 235 g/mol. The van der Waals surface area contributed by atoms with Crippen LogP contribution in [0.2, 0.25) is 0 Å². The molecule has 0 spiro atoms. The molecule has 1 N–H and O–H groups in total. The molecule has 0 aromatic carbocycles. The molecular weight excluding hydrogens is 217 g/mol. The van der Waals surface area contributed by atoms with Gasteiger partial charge in [0.15, 0.2) is 0 Å². The summed E-state index contributed by atoms with van der Waals surface area (Å²) in [6.07, 6.45) is 5.24. The van der Waals surface area contributed by atoms with Crippen molar-refractivity contribution in [1.82, 2.24) is 10.3 Å². The van der Waals surface area contributed by atoms with Gasteiger partial charge in [0.05, 0.1) is 6.20 Å². The fraction of sp³-hybridized carbons (Fsp3) is 0.615. The van der Waals surface area contributed by atoms with Gasteiger partial charge in [0.1, 0.15) is 11.6 Å². The Morgan fingerprint density at radius 1 is 1.53 bits per heavy atom. The molecule has 1 saturated carbocycles. The minimum Gasteiger partial charge on any atom is -0.353 e. The highest BCUT2D eigenvalue weighted by molar-refractivity contribution is 5.49. The molecule has 2 bridgehead atoms. The monoisotopic (exact) mass is 235 g/mol. The topological polar surface area (TPSA) is 28.2 Å². The van der Waals surface area contributed by atoms with E-state index in [1.54, 1.807) is 6.07 Å². The Kier molecular flexibility index (Phi) is 2.74. The lowest BCUT2D eigenvalue weighted by atomic mass is 10.1. The number of anilines is 1. The van der Waals surface area contributed by atoms with Gasteiger partial charge >= 0.3 is 0 Å². The van der Waals surface area contributed by atoms with Crippen molar-refractivity contribution in [2.75, 3.05) is 18.5 Å². The second-order valence-electron chi connectivity index (χ2n) is 5.15. The fourth-order valence-corrected chi connectivity index (χ4v) is 3.24. The molecule has 1 aromatic heterocycles. The second kappa shape index (κ2) is 4.26. The number of hydrogen-bond donors (Lipinski definition) is 1. The lowest BCUT2D eigenvalue weighted by Crippen LogP contribution is -2.33. The van der Waals surface area contributed by atoms with E-state index >= 15 is 0 Å². The summed E-state index contributed by atoms with van der Waals surface area (Å²) in [5.74, 6) is 1.56. The SMILES string of the molecule is CNCc1cc(F)cnc1N1CC2CCC1C2. The van der Waals surface area contributed by atoms with Gasteiger partial charge in [-0.1, -0.05) is 0 Å². The van der Waals surface area contributed by atoms with E-state index in [-0.39, 0.29) is 5.82 Å². The van der Waals surface area contributed by atoms with E-state index in [2.05, 4.69) is 15.2 Å². The van der Waals surface area contributed by atoms with Gasteiger partial charge in [-0.25, -0.2) is 9.37 Å². The Labute approximate surface area is 101 Å². The third kappa shape index (κ3) is 1.90. The van der Waals surface area contributed by atoms with Crippen LogP contribution in [0, 0.1) is 11.7 Å². The number of aromatic nitrogens is 1. The maximum atomic E-state index is 13.2. The number of halogens is 1. The van der Waals surface area contributed by atoms with Gasteiger partial charge in [0, 0.05) is 24.7 Å². The Morgan fingerprint density at radius 3 is 3.06 bits per heavy atom. The Hall–Kier alpha value is -1.16. The van der Waals surface area contributed by atoms with Crippen molar-refractivity contribution in [3.63, 3.8) is 0 Å². The van der Waals surface area contributed by atoms with Crippen LogP contribution in [0.15, 0.2) is 12.3 Å². The zero-order valence-corrected chi connectivity index (χ0v) is 10.1. The summed E-state index contributed by atoms with van der Waals surface area (Å²) in [4.78, 5) is 6.68. The maximum absolute atomic E-state index is 13.2. The van der Waals surface area contributed by atoms with E-state index in [0.29, 0.717) is 12.6 Å². The van der Waals surface area contributed by atoms with Crippen LogP contribution in [0.1, 0.15) is 24.8 Å². The van der Waals surface area contributed by atoms with Gasteiger partial charge in [-0.05, 0) is 38.3 Å². The highest BCUT2D eigenvalue weighted by Gasteiger charge is 2.39. The maximum Gasteiger partial charge on any atom is 0.141 e. The number of piperidine rings is 1. The van der Waals surface area contributed by atoms with Crippen molar-refractivity contribution in [3.8, 4) is 0 Å². The molecule has 3 rings (SSSR count). The summed E-state index contributed by atoms with van der Waals surface area (Å²) in [6.45, 7) is 1.77. The molecule has 1 aliphatic carbocycles. The van der Waals surface area contributed by atoms with Gasteiger partial charge in [-0.3, -0.25) is 0 Å². The first kappa shape index (κ1) is 11.0. The van der Waals surface area contributed by atoms with Crippen molar-refractivity contribution in [2.45, 2.75) is 31.8 Å². The highest BCUT2D eigenvalue weighted by atomic mass is 19.1. The predicted molar refractivity (Wildman–Crippen MR) is 65.4 cm³/mol. The standard InChI is InChI=1S/C13H18FN3/c1-15-6-10-5-11(14)7-16-13(10)17-8-9-2-3-12(17)4-9/h5,7,9,12,15H,2-4,6,8H2,1H3. The lowest BCUT2D eigenvalue weighted by molar-refractivity contribution is 0.546. The first-order valence-electron chi connectivity index (χ1n) is 6.33. The fourth-order valence-electron chi connectivity index (χ4n) is 3.24. The second-order valence-corrected chi connectivity index (χ2v) is 5.15. The first-order chi connectivity index (χ1) is 8.28. The summed E-state index contributed by atoms with van der Waals surface area (Å²) in [7, 11) is 1.88. The van der Waals surface area contributed by atoms with E-state index < -0.39 is 0 Å². The third-order valence-corrected chi connectivity index (χ3v) is 3.96. The molecule has 1 aliphatic heterocycles. The third-order valence-electron chi connectivity index (χ3n) is 3.96. The molecule has 0 amide bonds. The summed E-state index contributed by atoms with van der Waals surface area (Å²) >= 11 is 0. The number of rotatable bonds is 3. The van der Waals surface area contributed by atoms with Crippen LogP contribution in [0.4, 0.5) is 10.2 Å². The van der Waals surface area contributed by atoms with E-state index in [0.717, 1.165) is 23.8 Å². The van der Waals surface area contributed by atoms with Crippen LogP contribution < -0.4 is 10.2 Å². The van der Waals surface area contributed by atoms with Crippen molar-refractivity contribution < 1.29 is 4.39 Å². The van der Waals surface area contributed by atoms with Crippen molar-refractivity contribution >= 4 is 5.82 Å². The number of nitrogens with zero attached hydrogens (tertiary/aromatic N) is 2. The van der Waals surface area contributed by atoms with Crippen LogP contribution in [0.3, 0.4) is 0 Å². The molecule has 2 heterocycles. The highest BCUT2D eigenvalue weighted by Crippen LogP contribution is 2.40. The number of fused-ring (bicyclic) bond motifs is 2. The van der Waals surface area contributed by atoms with E-state index in [4.69, 9.17) is 0 Å². The zero-order chi connectivity index (χ0) is 11.8. The summed E-state index contributed by atoms with van der Waals surface area (Å²) in [5, 5.41) is 3.09. The molecule has 4 heteroatoms. The van der Waals surface area contributed by atoms with Crippen LogP contribution >= 0.6 is 0 Å². The van der Waals surface area contributed by atoms with Gasteiger partial charge in [0.2, 0.25) is 0 Å². The molecule has 1 saturated heterocycles. The number of nitrogens with one attached hydrogen (secondary N) is 1. The van der Waals surface area contributed by atoms with E-state index in [9.17, 15) is 4.39 Å². The molecule has 92 valence electrons. The largest absolute Gasteiger partial charge is 0.353 e. The Balaban J connectivity index is 1.91. The van der Waals surface area contributed by atoms with Crippen LogP contribution in [-0.4, -0.2) is 24.6 Å². The predicted octanol–water partition coefficient (Wildman–Crippen LogP) is 1.93. The molecule has 0 radical (unpaired) electrons. The molecule has 1 aromatic rings. The van der Waals surface area contributed by atoms with E-state index in [1.165, 1.54) is 25.5 Å². The molecular formula is C13H18FN3. The Morgan fingerprint density at radius 2 is 2.41 bits per heavy atom. The minimum atomic E-state index is -0.247. The first-order valence-corrected chi connectivity index (χ1v) is 6.33. The molecule has 2 aliphatic rings. The molecule has 17 heavy (non-hydrogen) atoms. The van der Waals surface area contributed by atoms with Gasteiger partial charge in [-0.15, -0.1) is 0 Å². The molecule has 2 atom stereocenters. The lowest BCUT2D eigenvalue weighted by Gasteiger charge is -2.29. The van der Waals surface area contributed by atoms with Gasteiger partial charge in [0.25, 0.3) is 0 Å². The van der Waals surface area contributed by atoms with Crippen molar-refractivity contribution in [1.29, 1.82) is 0 Å². The van der Waals surface area contributed by atoms with Crippen LogP contribution in [0.25, 0.3) is 0 Å². The number of pyridine rings is 1. The van der Waals surface area contributed by atoms with Crippen molar-refractivity contribution in [2.24, 2.45) is 5.92 Å². The minimum absolute atomic E-state index is 0.247.